The van der Waals surface area contributed by atoms with Crippen molar-refractivity contribution in [2.75, 3.05) is 0 Å². The molecule has 0 amide bonds. The molecule has 224 valence electrons. The Kier molecular flexibility index (Phi) is 10.0. The van der Waals surface area contributed by atoms with Gasteiger partial charge in [0.25, 0.3) is 0 Å². The van der Waals surface area contributed by atoms with Gasteiger partial charge in [-0.25, -0.2) is 8.42 Å². The summed E-state index contributed by atoms with van der Waals surface area (Å²) >= 11 is 0. The molecule has 3 aromatic carbocycles. The normalized spacial score (nSPS) is 17.6. The van der Waals surface area contributed by atoms with Crippen LogP contribution in [0.2, 0.25) is 0 Å². The lowest BCUT2D eigenvalue weighted by molar-refractivity contribution is 0.0564. The summed E-state index contributed by atoms with van der Waals surface area (Å²) in [4.78, 5) is 0.353. The van der Waals surface area contributed by atoms with E-state index in [4.69, 9.17) is 9.47 Å². The lowest BCUT2D eigenvalue weighted by atomic mass is 9.84. The number of benzene rings is 3. The first-order valence-corrected chi connectivity index (χ1v) is 16.5. The Balaban J connectivity index is 1.63. The standard InChI is InChI=1S/C37H46O4S/c1-26(2)15-14-16-27(3)23-33(42(38,39)32-19-12-9-13-20-32)24-37(7)22-21-34-30(6)35(28(4)29(5)36(34)41-37)40-25-31-17-10-8-11-18-31/h8-13,15,17-20,23,33H,14,16,21-22,24-25H2,1-7H3/b27-23+/t33?,37-/m1/s1. The highest BCUT2D eigenvalue weighted by atomic mass is 32.2. The smallest absolute Gasteiger partial charge is 0.184 e. The monoisotopic (exact) mass is 586 g/mol. The Morgan fingerprint density at radius 2 is 1.60 bits per heavy atom. The third kappa shape index (κ3) is 7.36. The lowest BCUT2D eigenvalue weighted by Crippen LogP contribution is -2.42. The fraction of sp³-hybridized carbons (Fsp3) is 0.405. The SMILES string of the molecule is CC(C)=CCC/C(C)=C/C(C[C@@]1(C)CCc2c(C)c(OCc3ccccc3)c(C)c(C)c2O1)S(=O)(=O)c1ccccc1. The molecule has 0 radical (unpaired) electrons. The molecule has 0 aromatic heterocycles. The first-order valence-electron chi connectivity index (χ1n) is 15.0. The Labute approximate surface area is 253 Å². The van der Waals surface area contributed by atoms with Crippen LogP contribution in [0.5, 0.6) is 11.5 Å². The highest BCUT2D eigenvalue weighted by molar-refractivity contribution is 7.92. The molecule has 3 aromatic rings. The van der Waals surface area contributed by atoms with Crippen molar-refractivity contribution in [3.63, 3.8) is 0 Å². The van der Waals surface area contributed by atoms with Crippen molar-refractivity contribution < 1.29 is 17.9 Å². The van der Waals surface area contributed by atoms with Gasteiger partial charge in [0.2, 0.25) is 0 Å². The lowest BCUT2D eigenvalue weighted by Gasteiger charge is -2.39. The molecule has 42 heavy (non-hydrogen) atoms. The fourth-order valence-electron chi connectivity index (χ4n) is 5.83. The molecule has 1 unspecified atom stereocenters. The van der Waals surface area contributed by atoms with E-state index in [1.807, 2.05) is 37.3 Å². The van der Waals surface area contributed by atoms with Crippen LogP contribution in [0.25, 0.3) is 0 Å². The van der Waals surface area contributed by atoms with Crippen molar-refractivity contribution in [2.45, 2.75) is 103 Å². The number of hydrogen-bond acceptors (Lipinski definition) is 4. The molecule has 1 heterocycles. The summed E-state index contributed by atoms with van der Waals surface area (Å²) in [5, 5.41) is -0.686. The molecule has 1 aliphatic rings. The van der Waals surface area contributed by atoms with E-state index in [0.717, 1.165) is 70.6 Å². The summed E-state index contributed by atoms with van der Waals surface area (Å²) < 4.78 is 41.2. The Morgan fingerprint density at radius 3 is 2.24 bits per heavy atom. The van der Waals surface area contributed by atoms with Crippen molar-refractivity contribution >= 4 is 9.84 Å². The summed E-state index contributed by atoms with van der Waals surface area (Å²) in [5.74, 6) is 1.80. The highest BCUT2D eigenvalue weighted by Gasteiger charge is 2.40. The molecule has 0 saturated heterocycles. The van der Waals surface area contributed by atoms with Gasteiger partial charge in [0.05, 0.1) is 10.1 Å². The zero-order valence-corrected chi connectivity index (χ0v) is 27.1. The summed E-state index contributed by atoms with van der Waals surface area (Å²) in [6.07, 6.45) is 7.81. The van der Waals surface area contributed by atoms with E-state index in [9.17, 15) is 8.42 Å². The average molecular weight is 587 g/mol. The van der Waals surface area contributed by atoms with E-state index in [2.05, 4.69) is 59.8 Å². The minimum atomic E-state index is -3.61. The van der Waals surface area contributed by atoms with Gasteiger partial charge >= 0.3 is 0 Å². The minimum Gasteiger partial charge on any atom is -0.488 e. The Bertz CT molecular complexity index is 1550. The number of sulfone groups is 1. The number of hydrogen-bond donors (Lipinski definition) is 0. The second-order valence-electron chi connectivity index (χ2n) is 12.3. The molecular weight excluding hydrogens is 540 g/mol. The van der Waals surface area contributed by atoms with E-state index in [1.54, 1.807) is 24.3 Å². The third-order valence-corrected chi connectivity index (χ3v) is 10.5. The molecule has 0 spiro atoms. The number of fused-ring (bicyclic) bond motifs is 1. The topological polar surface area (TPSA) is 52.6 Å². The largest absolute Gasteiger partial charge is 0.488 e. The van der Waals surface area contributed by atoms with Gasteiger partial charge in [-0.2, -0.15) is 0 Å². The van der Waals surface area contributed by atoms with Gasteiger partial charge in [-0.15, -0.1) is 0 Å². The van der Waals surface area contributed by atoms with E-state index < -0.39 is 20.7 Å². The van der Waals surface area contributed by atoms with E-state index in [1.165, 1.54) is 5.57 Å². The first-order chi connectivity index (χ1) is 19.9. The minimum absolute atomic E-state index is 0.353. The molecule has 0 fully saturated rings. The molecule has 0 aliphatic carbocycles. The molecule has 1 aliphatic heterocycles. The van der Waals surface area contributed by atoms with Crippen LogP contribution in [0.4, 0.5) is 0 Å². The van der Waals surface area contributed by atoms with Crippen molar-refractivity contribution in [3.8, 4) is 11.5 Å². The van der Waals surface area contributed by atoms with Crippen LogP contribution < -0.4 is 9.47 Å². The van der Waals surface area contributed by atoms with Crippen molar-refractivity contribution in [1.82, 2.24) is 0 Å². The quantitative estimate of drug-likeness (QED) is 0.210. The van der Waals surface area contributed by atoms with E-state index in [-0.39, 0.29) is 0 Å². The first kappa shape index (κ1) is 31.6. The van der Waals surface area contributed by atoms with Crippen LogP contribution in [0, 0.1) is 20.8 Å². The fourth-order valence-corrected chi connectivity index (χ4v) is 7.70. The summed E-state index contributed by atoms with van der Waals surface area (Å²) in [5.41, 5.74) is 7.24. The number of rotatable bonds is 11. The second-order valence-corrected chi connectivity index (χ2v) is 14.4. The van der Waals surface area contributed by atoms with Gasteiger partial charge in [-0.1, -0.05) is 71.8 Å². The van der Waals surface area contributed by atoms with E-state index >= 15 is 0 Å². The van der Waals surface area contributed by atoms with Gasteiger partial charge in [0, 0.05) is 12.0 Å². The second kappa shape index (κ2) is 13.3. The molecule has 5 heteroatoms. The van der Waals surface area contributed by atoms with Crippen LogP contribution in [-0.2, 0) is 22.9 Å². The van der Waals surface area contributed by atoms with Crippen LogP contribution >= 0.6 is 0 Å². The summed E-state index contributed by atoms with van der Waals surface area (Å²) in [6.45, 7) is 15.1. The van der Waals surface area contributed by atoms with Gasteiger partial charge in [0.1, 0.15) is 23.7 Å². The maximum absolute atomic E-state index is 14.0. The van der Waals surface area contributed by atoms with Crippen LogP contribution in [0.3, 0.4) is 0 Å². The maximum Gasteiger partial charge on any atom is 0.184 e. The zero-order chi connectivity index (χ0) is 30.5. The molecule has 0 N–H and O–H groups in total. The van der Waals surface area contributed by atoms with Crippen LogP contribution in [0.1, 0.15) is 81.2 Å². The Morgan fingerprint density at radius 1 is 0.952 bits per heavy atom. The molecule has 0 bridgehead atoms. The molecule has 4 nitrogen and oxygen atoms in total. The number of ether oxygens (including phenoxy) is 2. The summed E-state index contributed by atoms with van der Waals surface area (Å²) in [7, 11) is -3.61. The molecular formula is C37H46O4S. The maximum atomic E-state index is 14.0. The highest BCUT2D eigenvalue weighted by Crippen LogP contribution is 2.45. The van der Waals surface area contributed by atoms with Gasteiger partial charge in [-0.3, -0.25) is 0 Å². The van der Waals surface area contributed by atoms with Gasteiger partial charge in [-0.05, 0) is 109 Å². The van der Waals surface area contributed by atoms with Crippen molar-refractivity contribution in [1.29, 1.82) is 0 Å². The van der Waals surface area contributed by atoms with Crippen LogP contribution in [0.15, 0.2) is 88.9 Å². The predicted octanol–water partition coefficient (Wildman–Crippen LogP) is 9.20. The summed E-state index contributed by atoms with van der Waals surface area (Å²) in [6, 6.07) is 19.0. The molecule has 4 rings (SSSR count). The van der Waals surface area contributed by atoms with Crippen LogP contribution in [-0.4, -0.2) is 19.3 Å². The van der Waals surface area contributed by atoms with E-state index in [0.29, 0.717) is 17.9 Å². The van der Waals surface area contributed by atoms with Gasteiger partial charge in [0.15, 0.2) is 9.84 Å². The average Bonchev–Trinajstić information content (AvgIpc) is 2.96. The zero-order valence-electron chi connectivity index (χ0n) is 26.3. The van der Waals surface area contributed by atoms with Crippen molar-refractivity contribution in [2.24, 2.45) is 0 Å². The third-order valence-electron chi connectivity index (χ3n) is 8.45. The van der Waals surface area contributed by atoms with Crippen molar-refractivity contribution in [3.05, 3.63) is 112 Å². The Hall–Kier alpha value is -3.31. The molecule has 2 atom stereocenters. The van der Waals surface area contributed by atoms with Gasteiger partial charge < -0.3 is 9.47 Å². The number of allylic oxidation sites excluding steroid dienone is 3. The predicted molar refractivity (Wildman–Crippen MR) is 173 cm³/mol. The molecule has 0 saturated carbocycles.